The molecule has 2 nitrogen and oxygen atoms in total. The van der Waals surface area contributed by atoms with Crippen LogP contribution in [0.15, 0.2) is 11.6 Å². The molecule has 0 amide bonds. The highest BCUT2D eigenvalue weighted by Crippen LogP contribution is 2.21. The molecule has 0 aromatic heterocycles. The quantitative estimate of drug-likeness (QED) is 0.446. The van der Waals surface area contributed by atoms with Crippen LogP contribution in [0.4, 0.5) is 0 Å². The van der Waals surface area contributed by atoms with Crippen molar-refractivity contribution in [1.82, 2.24) is 0 Å². The molecule has 0 fully saturated rings. The van der Waals surface area contributed by atoms with Gasteiger partial charge < -0.3 is 9.47 Å². The fraction of sp³-hybridized carbons (Fsp3) is 0.867. The molecule has 0 radical (unpaired) electrons. The average Bonchev–Trinajstić information content (AvgIpc) is 2.36. The van der Waals surface area contributed by atoms with Crippen molar-refractivity contribution in [3.8, 4) is 0 Å². The molecule has 0 aromatic carbocycles. The summed E-state index contributed by atoms with van der Waals surface area (Å²) >= 11 is 0. The van der Waals surface area contributed by atoms with Gasteiger partial charge in [0.2, 0.25) is 0 Å². The Morgan fingerprint density at radius 3 is 2.71 bits per heavy atom. The Bertz CT molecular complexity index is 211. The summed E-state index contributed by atoms with van der Waals surface area (Å²) in [6.07, 6.45) is 11.0. The van der Waals surface area contributed by atoms with Crippen LogP contribution in [0.5, 0.6) is 0 Å². The van der Waals surface area contributed by atoms with Crippen LogP contribution >= 0.6 is 0 Å². The lowest BCUT2D eigenvalue weighted by atomic mass is 9.97. The summed E-state index contributed by atoms with van der Waals surface area (Å²) in [5, 5.41) is 0. The molecule has 0 aromatic rings. The van der Waals surface area contributed by atoms with E-state index in [1.165, 1.54) is 37.7 Å². The van der Waals surface area contributed by atoms with Crippen molar-refractivity contribution in [1.29, 1.82) is 0 Å². The van der Waals surface area contributed by atoms with Crippen molar-refractivity contribution < 1.29 is 9.47 Å². The Kier molecular flexibility index (Phi) is 8.37. The number of unbranched alkanes of at least 4 members (excludes halogenated alkanes) is 2. The van der Waals surface area contributed by atoms with Crippen LogP contribution in [0.1, 0.15) is 58.8 Å². The van der Waals surface area contributed by atoms with Gasteiger partial charge in [-0.3, -0.25) is 0 Å². The highest BCUT2D eigenvalue weighted by molar-refractivity contribution is 5.07. The topological polar surface area (TPSA) is 18.5 Å². The van der Waals surface area contributed by atoms with Gasteiger partial charge >= 0.3 is 0 Å². The summed E-state index contributed by atoms with van der Waals surface area (Å²) in [5.74, 6) is 0. The summed E-state index contributed by atoms with van der Waals surface area (Å²) in [7, 11) is 0. The third-order valence-corrected chi connectivity index (χ3v) is 3.19. The van der Waals surface area contributed by atoms with Gasteiger partial charge in [0.15, 0.2) is 0 Å². The molecule has 0 aliphatic heterocycles. The van der Waals surface area contributed by atoms with Gasteiger partial charge in [-0.15, -0.1) is 0 Å². The molecule has 0 N–H and O–H groups in total. The van der Waals surface area contributed by atoms with Crippen LogP contribution < -0.4 is 0 Å². The Morgan fingerprint density at radius 1 is 1.18 bits per heavy atom. The lowest BCUT2D eigenvalue weighted by Crippen LogP contribution is -2.19. The zero-order chi connectivity index (χ0) is 12.3. The van der Waals surface area contributed by atoms with Gasteiger partial charge in [-0.1, -0.05) is 32.8 Å². The smallest absolute Gasteiger partial charge is 0.0677 e. The normalized spacial score (nSPS) is 20.4. The van der Waals surface area contributed by atoms with Crippen molar-refractivity contribution in [2.45, 2.75) is 64.9 Å². The van der Waals surface area contributed by atoms with Gasteiger partial charge in [-0.2, -0.15) is 0 Å². The van der Waals surface area contributed by atoms with Crippen molar-refractivity contribution in [2.75, 3.05) is 19.8 Å². The van der Waals surface area contributed by atoms with E-state index >= 15 is 0 Å². The van der Waals surface area contributed by atoms with Gasteiger partial charge in [0.05, 0.1) is 12.7 Å². The molecule has 100 valence electrons. The lowest BCUT2D eigenvalue weighted by molar-refractivity contribution is 0.0390. The van der Waals surface area contributed by atoms with Crippen molar-refractivity contribution in [3.05, 3.63) is 11.6 Å². The lowest BCUT2D eigenvalue weighted by Gasteiger charge is -2.23. The monoisotopic (exact) mass is 240 g/mol. The number of rotatable bonds is 9. The zero-order valence-electron chi connectivity index (χ0n) is 11.5. The van der Waals surface area contributed by atoms with E-state index in [1.54, 1.807) is 0 Å². The zero-order valence-corrected chi connectivity index (χ0v) is 11.5. The first-order valence-electron chi connectivity index (χ1n) is 7.24. The average molecular weight is 240 g/mol. The molecule has 0 heterocycles. The van der Waals surface area contributed by atoms with Crippen LogP contribution in [0.3, 0.4) is 0 Å². The fourth-order valence-corrected chi connectivity index (χ4v) is 2.06. The molecule has 0 bridgehead atoms. The molecule has 2 heteroatoms. The van der Waals surface area contributed by atoms with Crippen LogP contribution in [0.2, 0.25) is 0 Å². The van der Waals surface area contributed by atoms with E-state index in [-0.39, 0.29) is 0 Å². The highest BCUT2D eigenvalue weighted by atomic mass is 16.5. The maximum Gasteiger partial charge on any atom is 0.0677 e. The van der Waals surface area contributed by atoms with E-state index in [1.807, 2.05) is 0 Å². The maximum atomic E-state index is 5.88. The Hall–Kier alpha value is -0.340. The summed E-state index contributed by atoms with van der Waals surface area (Å²) in [6, 6.07) is 0. The predicted molar refractivity (Wildman–Crippen MR) is 72.3 cm³/mol. The van der Waals surface area contributed by atoms with E-state index in [0.717, 1.165) is 32.7 Å². The molecular formula is C15H28O2. The Labute approximate surface area is 106 Å². The molecule has 0 unspecified atom stereocenters. The van der Waals surface area contributed by atoms with Gasteiger partial charge in [0, 0.05) is 13.2 Å². The molecule has 17 heavy (non-hydrogen) atoms. The minimum Gasteiger partial charge on any atom is -0.378 e. The number of ether oxygens (including phenoxy) is 2. The van der Waals surface area contributed by atoms with E-state index in [0.29, 0.717) is 6.10 Å². The van der Waals surface area contributed by atoms with Crippen LogP contribution in [0.25, 0.3) is 0 Å². The number of hydrogen-bond acceptors (Lipinski definition) is 2. The summed E-state index contributed by atoms with van der Waals surface area (Å²) < 4.78 is 11.5. The second-order valence-corrected chi connectivity index (χ2v) is 4.90. The minimum absolute atomic E-state index is 0.441. The first kappa shape index (κ1) is 14.7. The van der Waals surface area contributed by atoms with Crippen LogP contribution in [0, 0.1) is 0 Å². The van der Waals surface area contributed by atoms with Gasteiger partial charge in [0.1, 0.15) is 0 Å². The molecule has 1 aliphatic rings. The van der Waals surface area contributed by atoms with E-state index < -0.39 is 0 Å². The molecule has 1 atom stereocenters. The third-order valence-electron chi connectivity index (χ3n) is 3.19. The van der Waals surface area contributed by atoms with E-state index in [2.05, 4.69) is 19.9 Å². The SMILES string of the molecule is CCCCOCC1=CCC[C@@H](OCCCC)C1. The predicted octanol–water partition coefficient (Wildman–Crippen LogP) is 4.10. The van der Waals surface area contributed by atoms with Crippen LogP contribution in [-0.4, -0.2) is 25.9 Å². The Balaban J connectivity index is 2.12. The molecular weight excluding hydrogens is 212 g/mol. The van der Waals surface area contributed by atoms with Gasteiger partial charge in [-0.25, -0.2) is 0 Å². The summed E-state index contributed by atoms with van der Waals surface area (Å²) in [5.41, 5.74) is 1.44. The number of hydrogen-bond donors (Lipinski definition) is 0. The third kappa shape index (κ3) is 6.85. The number of allylic oxidation sites excluding steroid dienone is 1. The Morgan fingerprint density at radius 2 is 1.94 bits per heavy atom. The summed E-state index contributed by atoms with van der Waals surface area (Å²) in [4.78, 5) is 0. The van der Waals surface area contributed by atoms with E-state index in [9.17, 15) is 0 Å². The van der Waals surface area contributed by atoms with Crippen molar-refractivity contribution >= 4 is 0 Å². The second-order valence-electron chi connectivity index (χ2n) is 4.90. The maximum absolute atomic E-state index is 5.88. The highest BCUT2D eigenvalue weighted by Gasteiger charge is 2.15. The van der Waals surface area contributed by atoms with Gasteiger partial charge in [-0.05, 0) is 37.7 Å². The van der Waals surface area contributed by atoms with Crippen LogP contribution in [-0.2, 0) is 9.47 Å². The second kappa shape index (κ2) is 9.67. The molecule has 0 saturated heterocycles. The fourth-order valence-electron chi connectivity index (χ4n) is 2.06. The van der Waals surface area contributed by atoms with E-state index in [4.69, 9.17) is 9.47 Å². The largest absolute Gasteiger partial charge is 0.378 e. The molecule has 0 saturated carbocycles. The first-order chi connectivity index (χ1) is 8.36. The first-order valence-corrected chi connectivity index (χ1v) is 7.24. The molecule has 1 rings (SSSR count). The van der Waals surface area contributed by atoms with Crippen molar-refractivity contribution in [2.24, 2.45) is 0 Å². The van der Waals surface area contributed by atoms with Gasteiger partial charge in [0.25, 0.3) is 0 Å². The standard InChI is InChI=1S/C15H28O2/c1-3-5-10-16-13-14-8-7-9-15(12-14)17-11-6-4-2/h8,15H,3-7,9-13H2,1-2H3/t15-/m1/s1. The summed E-state index contributed by atoms with van der Waals surface area (Å²) in [6.45, 7) is 7.03. The molecule has 0 spiro atoms. The minimum atomic E-state index is 0.441. The van der Waals surface area contributed by atoms with Crippen molar-refractivity contribution in [3.63, 3.8) is 0 Å². The molecule has 1 aliphatic carbocycles.